The Morgan fingerprint density at radius 2 is 1.86 bits per heavy atom. The van der Waals surface area contributed by atoms with E-state index in [-0.39, 0.29) is 36.1 Å². The highest BCUT2D eigenvalue weighted by atomic mass is 79.9. The largest absolute Gasteiger partial charge is 0.462 e. The summed E-state index contributed by atoms with van der Waals surface area (Å²) < 4.78 is 7.03. The second-order valence-corrected chi connectivity index (χ2v) is 10.4. The number of likely N-dealkylation sites (N-methyl/N-ethyl adjacent to an activating group) is 1. The lowest BCUT2D eigenvalue weighted by Gasteiger charge is -2.44. The number of Topliss-reactive ketones (excluding diaryl/α,β-unsaturated/α-hetero) is 1. The van der Waals surface area contributed by atoms with Crippen LogP contribution in [-0.4, -0.2) is 31.3 Å². The molecule has 2 aromatic rings. The zero-order chi connectivity index (χ0) is 25.1. The van der Waals surface area contributed by atoms with Crippen LogP contribution >= 0.6 is 31.9 Å². The summed E-state index contributed by atoms with van der Waals surface area (Å²) in [4.78, 5) is 44.7. The van der Waals surface area contributed by atoms with Crippen molar-refractivity contribution < 1.29 is 19.1 Å². The number of para-hydroxylation sites is 1. The first kappa shape index (κ1) is 23.8. The van der Waals surface area contributed by atoms with E-state index >= 15 is 0 Å². The van der Waals surface area contributed by atoms with E-state index in [1.807, 2.05) is 30.3 Å². The monoisotopic (exact) mass is 599 g/mol. The number of benzene rings is 2. The van der Waals surface area contributed by atoms with Gasteiger partial charge in [-0.1, -0.05) is 34.1 Å². The van der Waals surface area contributed by atoms with Crippen LogP contribution in [0.15, 0.2) is 74.1 Å². The van der Waals surface area contributed by atoms with Crippen molar-refractivity contribution >= 4 is 60.9 Å². The summed E-state index contributed by atoms with van der Waals surface area (Å²) in [6.45, 7) is 1.79. The van der Waals surface area contributed by atoms with Crippen LogP contribution < -0.4 is 15.5 Å². The molecule has 0 fully saturated rings. The average Bonchev–Trinajstić information content (AvgIpc) is 3.03. The lowest BCUT2D eigenvalue weighted by Crippen LogP contribution is -2.54. The number of nitrogens with zero attached hydrogens (tertiary/aromatic N) is 2. The van der Waals surface area contributed by atoms with Gasteiger partial charge in [-0.05, 0) is 60.0 Å². The van der Waals surface area contributed by atoms with Crippen molar-refractivity contribution in [2.45, 2.75) is 31.6 Å². The van der Waals surface area contributed by atoms with Gasteiger partial charge in [0.2, 0.25) is 5.91 Å². The molecule has 1 amide bonds. The molecule has 0 bridgehead atoms. The first-order valence-electron chi connectivity index (χ1n) is 11.3. The van der Waals surface area contributed by atoms with Crippen molar-refractivity contribution in [1.29, 1.82) is 0 Å². The SMILES string of the molecule is CCOC(=O)C1=C(N)N(c2ccc(Br)cc2Br)C2=C(C(=O)CCC2)C12C(=O)N(C)c1ccccc12. The highest BCUT2D eigenvalue weighted by Crippen LogP contribution is 2.57. The molecule has 0 saturated heterocycles. The van der Waals surface area contributed by atoms with Crippen LogP contribution in [0.2, 0.25) is 0 Å². The van der Waals surface area contributed by atoms with Crippen LogP contribution in [0.25, 0.3) is 0 Å². The molecule has 1 aliphatic carbocycles. The summed E-state index contributed by atoms with van der Waals surface area (Å²) in [5, 5.41) is 0. The molecule has 2 aromatic carbocycles. The van der Waals surface area contributed by atoms with E-state index in [9.17, 15) is 14.4 Å². The van der Waals surface area contributed by atoms with Crippen LogP contribution in [0, 0.1) is 0 Å². The molecule has 35 heavy (non-hydrogen) atoms. The fourth-order valence-corrected chi connectivity index (χ4v) is 6.72. The molecule has 2 aliphatic heterocycles. The van der Waals surface area contributed by atoms with Crippen molar-refractivity contribution in [1.82, 2.24) is 0 Å². The van der Waals surface area contributed by atoms with Crippen LogP contribution in [-0.2, 0) is 24.5 Å². The zero-order valence-corrected chi connectivity index (χ0v) is 22.4. The minimum absolute atomic E-state index is 0.0232. The van der Waals surface area contributed by atoms with E-state index in [0.29, 0.717) is 45.5 Å². The molecular weight excluding hydrogens is 578 g/mol. The van der Waals surface area contributed by atoms with Gasteiger partial charge >= 0.3 is 5.97 Å². The minimum atomic E-state index is -1.66. The maximum atomic E-state index is 14.2. The molecule has 0 aromatic heterocycles. The van der Waals surface area contributed by atoms with Gasteiger partial charge in [0.15, 0.2) is 5.78 Å². The van der Waals surface area contributed by atoms with E-state index in [2.05, 4.69) is 31.9 Å². The number of hydrogen-bond acceptors (Lipinski definition) is 6. The number of hydrogen-bond donors (Lipinski definition) is 1. The summed E-state index contributed by atoms with van der Waals surface area (Å²) in [5.74, 6) is -1.19. The van der Waals surface area contributed by atoms with E-state index in [1.54, 1.807) is 31.0 Å². The van der Waals surface area contributed by atoms with E-state index < -0.39 is 11.4 Å². The number of fused-ring (bicyclic) bond motifs is 3. The molecule has 2 heterocycles. The van der Waals surface area contributed by atoms with Crippen molar-refractivity contribution in [3.63, 3.8) is 0 Å². The Morgan fingerprint density at radius 3 is 2.57 bits per heavy atom. The van der Waals surface area contributed by atoms with Crippen LogP contribution in [0.4, 0.5) is 11.4 Å². The molecule has 1 atom stereocenters. The number of ether oxygens (including phenoxy) is 1. The fraction of sp³-hybridized carbons (Fsp3) is 0.269. The topological polar surface area (TPSA) is 92.9 Å². The Kier molecular flexibility index (Phi) is 5.88. The Hall–Kier alpha value is -2.91. The quantitative estimate of drug-likeness (QED) is 0.514. The molecule has 1 unspecified atom stereocenters. The van der Waals surface area contributed by atoms with E-state index in [4.69, 9.17) is 10.5 Å². The molecule has 2 N–H and O–H groups in total. The smallest absolute Gasteiger partial charge is 0.339 e. The summed E-state index contributed by atoms with van der Waals surface area (Å²) >= 11 is 7.07. The van der Waals surface area contributed by atoms with Crippen LogP contribution in [0.1, 0.15) is 31.7 Å². The Labute approximate surface area is 219 Å². The Balaban J connectivity index is 1.92. The van der Waals surface area contributed by atoms with Gasteiger partial charge in [0.1, 0.15) is 16.8 Å². The minimum Gasteiger partial charge on any atom is -0.462 e. The second kappa shape index (κ2) is 8.64. The number of rotatable bonds is 3. The normalized spacial score (nSPS) is 21.6. The fourth-order valence-electron chi connectivity index (χ4n) is 5.49. The molecule has 0 saturated carbocycles. The van der Waals surface area contributed by atoms with Crippen molar-refractivity contribution in [3.8, 4) is 0 Å². The lowest BCUT2D eigenvalue weighted by molar-refractivity contribution is -0.140. The van der Waals surface area contributed by atoms with Crippen LogP contribution in [0.3, 0.4) is 0 Å². The number of nitrogens with two attached hydrogens (primary N) is 1. The van der Waals surface area contributed by atoms with Gasteiger partial charge in [-0.3, -0.25) is 14.5 Å². The van der Waals surface area contributed by atoms with Gasteiger partial charge < -0.3 is 15.4 Å². The van der Waals surface area contributed by atoms with Gasteiger partial charge in [-0.25, -0.2) is 4.79 Å². The molecular formula is C26H23Br2N3O4. The number of anilines is 2. The molecule has 1 spiro atoms. The number of carbonyl (C=O) groups is 3. The molecule has 3 aliphatic rings. The number of esters is 1. The van der Waals surface area contributed by atoms with Gasteiger partial charge in [-0.2, -0.15) is 0 Å². The van der Waals surface area contributed by atoms with Gasteiger partial charge in [-0.15, -0.1) is 0 Å². The number of allylic oxidation sites excluding steroid dienone is 1. The lowest BCUT2D eigenvalue weighted by atomic mass is 9.63. The van der Waals surface area contributed by atoms with Gasteiger partial charge in [0, 0.05) is 44.9 Å². The standard InChI is InChI=1S/C26H23Br2N3O4/c1-3-35-24(33)22-23(29)31(18-12-11-14(27)13-16(18)28)19-9-6-10-20(32)21(19)26(22)15-7-4-5-8-17(15)30(2)25(26)34/h4-5,7-8,11-13H,3,6,9-10,29H2,1-2H3. The van der Waals surface area contributed by atoms with Crippen molar-refractivity contribution in [2.75, 3.05) is 23.5 Å². The van der Waals surface area contributed by atoms with Gasteiger partial charge in [0.25, 0.3) is 0 Å². The summed E-state index contributed by atoms with van der Waals surface area (Å²) in [6.07, 6.45) is 1.43. The maximum Gasteiger partial charge on any atom is 0.339 e. The van der Waals surface area contributed by atoms with Crippen molar-refractivity contribution in [2.24, 2.45) is 5.73 Å². The van der Waals surface area contributed by atoms with Gasteiger partial charge in [0.05, 0.1) is 12.3 Å². The molecule has 5 rings (SSSR count). The number of ketones is 1. The Morgan fingerprint density at radius 1 is 1.11 bits per heavy atom. The first-order chi connectivity index (χ1) is 16.7. The van der Waals surface area contributed by atoms with E-state index in [1.165, 1.54) is 4.90 Å². The zero-order valence-electron chi connectivity index (χ0n) is 19.2. The first-order valence-corrected chi connectivity index (χ1v) is 12.9. The summed E-state index contributed by atoms with van der Waals surface area (Å²) in [6, 6.07) is 12.8. The number of amides is 1. The predicted octanol–water partition coefficient (Wildman–Crippen LogP) is 4.69. The third kappa shape index (κ3) is 3.24. The number of carbonyl (C=O) groups excluding carboxylic acids is 3. The summed E-state index contributed by atoms with van der Waals surface area (Å²) in [7, 11) is 1.65. The highest BCUT2D eigenvalue weighted by Gasteiger charge is 2.63. The third-order valence-corrected chi connectivity index (χ3v) is 7.96. The Bertz CT molecular complexity index is 1370. The number of halogens is 2. The van der Waals surface area contributed by atoms with E-state index in [0.717, 1.165) is 4.47 Å². The second-order valence-electron chi connectivity index (χ2n) is 8.64. The average molecular weight is 601 g/mol. The highest BCUT2D eigenvalue weighted by molar-refractivity contribution is 9.11. The van der Waals surface area contributed by atoms with Crippen LogP contribution in [0.5, 0.6) is 0 Å². The molecule has 9 heteroatoms. The predicted molar refractivity (Wildman–Crippen MR) is 140 cm³/mol. The molecule has 180 valence electrons. The third-order valence-electron chi connectivity index (χ3n) is 6.83. The summed E-state index contributed by atoms with van der Waals surface area (Å²) in [5.41, 5.74) is 7.94. The molecule has 0 radical (unpaired) electrons. The molecule has 7 nitrogen and oxygen atoms in total. The van der Waals surface area contributed by atoms with Crippen molar-refractivity contribution in [3.05, 3.63) is 79.6 Å². The maximum absolute atomic E-state index is 14.2.